The van der Waals surface area contributed by atoms with Gasteiger partial charge in [0.1, 0.15) is 0 Å². The number of hydrogen-bond donors (Lipinski definition) is 1. The summed E-state index contributed by atoms with van der Waals surface area (Å²) in [5.41, 5.74) is 1.71. The SMILES string of the molecule is Cc1ccnc(N[C@H]2CCOc3c(F)cccc32)n1. The molecule has 1 N–H and O–H groups in total. The van der Waals surface area contributed by atoms with Crippen LogP contribution in [0.25, 0.3) is 0 Å². The summed E-state index contributed by atoms with van der Waals surface area (Å²) < 4.78 is 19.1. The predicted octanol–water partition coefficient (Wildman–Crippen LogP) is 2.86. The Kier molecular flexibility index (Phi) is 3.03. The largest absolute Gasteiger partial charge is 0.490 e. The highest BCUT2D eigenvalue weighted by Gasteiger charge is 2.24. The maximum absolute atomic E-state index is 13.7. The van der Waals surface area contributed by atoms with Crippen LogP contribution < -0.4 is 10.1 Å². The van der Waals surface area contributed by atoms with E-state index in [1.165, 1.54) is 6.07 Å². The minimum atomic E-state index is -0.325. The van der Waals surface area contributed by atoms with Gasteiger partial charge in [-0.05, 0) is 19.1 Å². The lowest BCUT2D eigenvalue weighted by Gasteiger charge is -2.26. The van der Waals surface area contributed by atoms with E-state index in [0.717, 1.165) is 17.7 Å². The van der Waals surface area contributed by atoms with E-state index in [9.17, 15) is 4.39 Å². The molecule has 4 nitrogen and oxygen atoms in total. The molecule has 0 saturated heterocycles. The quantitative estimate of drug-likeness (QED) is 0.900. The van der Waals surface area contributed by atoms with Crippen LogP contribution in [-0.4, -0.2) is 16.6 Å². The molecule has 0 radical (unpaired) electrons. The maximum atomic E-state index is 13.7. The van der Waals surface area contributed by atoms with Gasteiger partial charge in [-0.3, -0.25) is 0 Å². The molecule has 1 aromatic carbocycles. The molecule has 1 aromatic heterocycles. The van der Waals surface area contributed by atoms with Crippen molar-refractivity contribution in [2.45, 2.75) is 19.4 Å². The lowest BCUT2D eigenvalue weighted by molar-refractivity contribution is 0.260. The number of aryl methyl sites for hydroxylation is 1. The van der Waals surface area contributed by atoms with Crippen molar-refractivity contribution < 1.29 is 9.13 Å². The number of nitrogens with one attached hydrogen (secondary N) is 1. The van der Waals surface area contributed by atoms with E-state index in [-0.39, 0.29) is 11.9 Å². The van der Waals surface area contributed by atoms with Gasteiger partial charge in [0.2, 0.25) is 5.95 Å². The lowest BCUT2D eigenvalue weighted by atomic mass is 10.0. The number of benzene rings is 1. The zero-order valence-electron chi connectivity index (χ0n) is 10.6. The van der Waals surface area contributed by atoms with E-state index in [2.05, 4.69) is 15.3 Å². The summed E-state index contributed by atoms with van der Waals surface area (Å²) >= 11 is 0. The molecule has 0 aliphatic carbocycles. The molecule has 1 aliphatic heterocycles. The number of nitrogens with zero attached hydrogens (tertiary/aromatic N) is 2. The molecule has 0 saturated carbocycles. The Balaban J connectivity index is 1.90. The Morgan fingerprint density at radius 2 is 2.26 bits per heavy atom. The monoisotopic (exact) mass is 259 g/mol. The summed E-state index contributed by atoms with van der Waals surface area (Å²) in [6, 6.07) is 6.77. The van der Waals surface area contributed by atoms with Crippen LogP contribution in [0.5, 0.6) is 5.75 Å². The second-order valence-corrected chi connectivity index (χ2v) is 4.51. The lowest BCUT2D eigenvalue weighted by Crippen LogP contribution is -2.22. The molecule has 19 heavy (non-hydrogen) atoms. The van der Waals surface area contributed by atoms with Crippen LogP contribution in [0, 0.1) is 12.7 Å². The third-order valence-corrected chi connectivity index (χ3v) is 3.12. The van der Waals surface area contributed by atoms with Crippen molar-refractivity contribution >= 4 is 5.95 Å². The van der Waals surface area contributed by atoms with Gasteiger partial charge in [0.15, 0.2) is 11.6 Å². The van der Waals surface area contributed by atoms with E-state index in [0.29, 0.717) is 18.3 Å². The van der Waals surface area contributed by atoms with Gasteiger partial charge >= 0.3 is 0 Å². The number of para-hydroxylation sites is 1. The molecule has 0 bridgehead atoms. The van der Waals surface area contributed by atoms with E-state index < -0.39 is 0 Å². The van der Waals surface area contributed by atoms with Crippen molar-refractivity contribution in [2.75, 3.05) is 11.9 Å². The molecule has 1 aliphatic rings. The van der Waals surface area contributed by atoms with Gasteiger partial charge in [-0.15, -0.1) is 0 Å². The standard InChI is InChI=1S/C14H14FN3O/c1-9-5-7-16-14(17-9)18-12-6-8-19-13-10(12)3-2-4-11(13)15/h2-5,7,12H,6,8H2,1H3,(H,16,17,18)/t12-/m0/s1. The molecule has 5 heteroatoms. The number of ether oxygens (including phenoxy) is 1. The molecule has 0 amide bonds. The Labute approximate surface area is 110 Å². The number of anilines is 1. The van der Waals surface area contributed by atoms with E-state index in [1.54, 1.807) is 12.3 Å². The summed E-state index contributed by atoms with van der Waals surface area (Å²) in [4.78, 5) is 8.48. The molecule has 2 heterocycles. The van der Waals surface area contributed by atoms with Crippen molar-refractivity contribution in [2.24, 2.45) is 0 Å². The fraction of sp³-hybridized carbons (Fsp3) is 0.286. The van der Waals surface area contributed by atoms with Crippen LogP contribution in [0.15, 0.2) is 30.5 Å². The molecule has 0 unspecified atom stereocenters. The average molecular weight is 259 g/mol. The van der Waals surface area contributed by atoms with Gasteiger partial charge in [-0.2, -0.15) is 0 Å². The second kappa shape index (κ2) is 4.84. The minimum Gasteiger partial charge on any atom is -0.490 e. The highest BCUT2D eigenvalue weighted by Crippen LogP contribution is 2.35. The summed E-state index contributed by atoms with van der Waals surface area (Å²) in [5.74, 6) is 0.565. The van der Waals surface area contributed by atoms with Gasteiger partial charge in [0.05, 0.1) is 12.6 Å². The van der Waals surface area contributed by atoms with Crippen molar-refractivity contribution in [3.63, 3.8) is 0 Å². The van der Waals surface area contributed by atoms with Gasteiger partial charge < -0.3 is 10.1 Å². The first kappa shape index (κ1) is 11.9. The molecular weight excluding hydrogens is 245 g/mol. The van der Waals surface area contributed by atoms with E-state index in [4.69, 9.17) is 4.74 Å². The zero-order valence-corrected chi connectivity index (χ0v) is 10.6. The molecule has 98 valence electrons. The van der Waals surface area contributed by atoms with Crippen LogP contribution in [0.2, 0.25) is 0 Å². The van der Waals surface area contributed by atoms with E-state index in [1.807, 2.05) is 19.1 Å². The van der Waals surface area contributed by atoms with Crippen LogP contribution in [-0.2, 0) is 0 Å². The smallest absolute Gasteiger partial charge is 0.223 e. The Morgan fingerprint density at radius 1 is 1.37 bits per heavy atom. The van der Waals surface area contributed by atoms with Gasteiger partial charge in [-0.1, -0.05) is 12.1 Å². The summed E-state index contributed by atoms with van der Waals surface area (Å²) in [7, 11) is 0. The highest BCUT2D eigenvalue weighted by molar-refractivity contribution is 5.43. The van der Waals surface area contributed by atoms with Crippen molar-refractivity contribution in [3.8, 4) is 5.75 Å². The Morgan fingerprint density at radius 3 is 3.11 bits per heavy atom. The average Bonchev–Trinajstić information content (AvgIpc) is 2.40. The molecule has 1 atom stereocenters. The van der Waals surface area contributed by atoms with Crippen molar-refractivity contribution in [1.29, 1.82) is 0 Å². The first-order chi connectivity index (χ1) is 9.24. The number of aromatic nitrogens is 2. The minimum absolute atomic E-state index is 0.0266. The van der Waals surface area contributed by atoms with Crippen LogP contribution >= 0.6 is 0 Å². The predicted molar refractivity (Wildman–Crippen MR) is 69.6 cm³/mol. The van der Waals surface area contributed by atoms with Gasteiger partial charge in [-0.25, -0.2) is 14.4 Å². The van der Waals surface area contributed by atoms with E-state index >= 15 is 0 Å². The van der Waals surface area contributed by atoms with Crippen LogP contribution in [0.3, 0.4) is 0 Å². The number of halogens is 1. The third kappa shape index (κ3) is 2.36. The van der Waals surface area contributed by atoms with Crippen molar-refractivity contribution in [1.82, 2.24) is 9.97 Å². The highest BCUT2D eigenvalue weighted by atomic mass is 19.1. The molecule has 0 fully saturated rings. The molecular formula is C14H14FN3O. The molecule has 2 aromatic rings. The number of rotatable bonds is 2. The summed E-state index contributed by atoms with van der Waals surface area (Å²) in [6.07, 6.45) is 2.46. The fourth-order valence-corrected chi connectivity index (χ4v) is 2.21. The Bertz CT molecular complexity index is 603. The molecule has 3 rings (SSSR count). The Hall–Kier alpha value is -2.17. The van der Waals surface area contributed by atoms with Gasteiger partial charge in [0, 0.05) is 23.9 Å². The topological polar surface area (TPSA) is 47.0 Å². The van der Waals surface area contributed by atoms with Crippen LogP contribution in [0.4, 0.5) is 10.3 Å². The van der Waals surface area contributed by atoms with Crippen molar-refractivity contribution in [3.05, 3.63) is 47.5 Å². The zero-order chi connectivity index (χ0) is 13.2. The number of hydrogen-bond acceptors (Lipinski definition) is 4. The van der Waals surface area contributed by atoms with Crippen LogP contribution in [0.1, 0.15) is 23.7 Å². The third-order valence-electron chi connectivity index (χ3n) is 3.12. The summed E-state index contributed by atoms with van der Waals surface area (Å²) in [6.45, 7) is 2.39. The first-order valence-corrected chi connectivity index (χ1v) is 6.21. The van der Waals surface area contributed by atoms with Gasteiger partial charge in [0.25, 0.3) is 0 Å². The summed E-state index contributed by atoms with van der Waals surface area (Å²) in [5, 5.41) is 3.24. The molecule has 0 spiro atoms. The second-order valence-electron chi connectivity index (χ2n) is 4.51. The fourth-order valence-electron chi connectivity index (χ4n) is 2.21. The normalized spacial score (nSPS) is 17.5. The first-order valence-electron chi connectivity index (χ1n) is 6.21. The number of fused-ring (bicyclic) bond motifs is 1. The maximum Gasteiger partial charge on any atom is 0.223 e.